The molecule has 9 heteroatoms. The summed E-state index contributed by atoms with van der Waals surface area (Å²) in [6, 6.07) is 4.83. The minimum atomic E-state index is -4.76. The number of amides is 2. The van der Waals surface area contributed by atoms with Crippen LogP contribution in [0, 0.1) is 0 Å². The van der Waals surface area contributed by atoms with Crippen molar-refractivity contribution in [3.05, 3.63) is 24.3 Å². The minimum absolute atomic E-state index is 0.0190. The average Bonchev–Trinajstić information content (AvgIpc) is 2.45. The van der Waals surface area contributed by atoms with Crippen LogP contribution < -0.4 is 15.4 Å². The highest BCUT2D eigenvalue weighted by atomic mass is 19.4. The molecule has 0 aliphatic rings. The number of carbonyl (C=O) groups is 2. The Kier molecular flexibility index (Phi) is 7.43. The van der Waals surface area contributed by atoms with Crippen LogP contribution in [0.5, 0.6) is 5.75 Å². The Morgan fingerprint density at radius 3 is 2.04 bits per heavy atom. The van der Waals surface area contributed by atoms with Gasteiger partial charge >= 0.3 is 6.36 Å². The van der Waals surface area contributed by atoms with Gasteiger partial charge in [0.25, 0.3) is 0 Å². The standard InChI is InChI=1S/C17H24F3N3O3/c1-5-23(11-15(25)22-16(2,3)4)10-14(24)21-12-6-8-13(9-7-12)26-17(18,19)20/h6-9H,5,10-11H2,1-4H3,(H,21,24)(H,22,25). The van der Waals surface area contributed by atoms with E-state index in [-0.39, 0.29) is 36.2 Å². The number of nitrogens with one attached hydrogen (secondary N) is 2. The molecule has 0 aromatic heterocycles. The van der Waals surface area contributed by atoms with Crippen molar-refractivity contribution in [2.24, 2.45) is 0 Å². The maximum Gasteiger partial charge on any atom is 0.573 e. The van der Waals surface area contributed by atoms with Crippen molar-refractivity contribution in [1.82, 2.24) is 10.2 Å². The van der Waals surface area contributed by atoms with Crippen molar-refractivity contribution in [3.8, 4) is 5.75 Å². The molecule has 2 amide bonds. The van der Waals surface area contributed by atoms with E-state index in [9.17, 15) is 22.8 Å². The summed E-state index contributed by atoms with van der Waals surface area (Å²) in [6.07, 6.45) is -4.76. The van der Waals surface area contributed by atoms with E-state index in [1.165, 1.54) is 12.1 Å². The molecule has 1 aromatic rings. The predicted octanol–water partition coefficient (Wildman–Crippen LogP) is 2.76. The first-order valence-corrected chi connectivity index (χ1v) is 8.07. The number of hydrogen-bond donors (Lipinski definition) is 2. The van der Waals surface area contributed by atoms with Gasteiger partial charge in [-0.1, -0.05) is 6.92 Å². The summed E-state index contributed by atoms with van der Waals surface area (Å²) in [4.78, 5) is 25.6. The van der Waals surface area contributed by atoms with E-state index in [1.807, 2.05) is 27.7 Å². The quantitative estimate of drug-likeness (QED) is 0.769. The second-order valence-corrected chi connectivity index (χ2v) is 6.72. The largest absolute Gasteiger partial charge is 0.573 e. The number of carbonyl (C=O) groups excluding carboxylic acids is 2. The summed E-state index contributed by atoms with van der Waals surface area (Å²) in [5.74, 6) is -0.940. The predicted molar refractivity (Wildman–Crippen MR) is 91.8 cm³/mol. The molecule has 0 unspecified atom stereocenters. The number of hydrogen-bond acceptors (Lipinski definition) is 4. The third-order valence-corrected chi connectivity index (χ3v) is 3.07. The van der Waals surface area contributed by atoms with Gasteiger partial charge in [0, 0.05) is 11.2 Å². The second kappa shape index (κ2) is 8.88. The Bertz CT molecular complexity index is 610. The topological polar surface area (TPSA) is 70.7 Å². The van der Waals surface area contributed by atoms with Gasteiger partial charge in [-0.2, -0.15) is 0 Å². The Labute approximate surface area is 150 Å². The highest BCUT2D eigenvalue weighted by Gasteiger charge is 2.31. The summed E-state index contributed by atoms with van der Waals surface area (Å²) in [7, 11) is 0. The Hall–Kier alpha value is -2.29. The van der Waals surface area contributed by atoms with Crippen LogP contribution in [-0.4, -0.2) is 48.2 Å². The van der Waals surface area contributed by atoms with Crippen LogP contribution in [0.25, 0.3) is 0 Å². The molecule has 0 aliphatic heterocycles. The SMILES string of the molecule is CCN(CC(=O)Nc1ccc(OC(F)(F)F)cc1)CC(=O)NC(C)(C)C. The first-order chi connectivity index (χ1) is 11.9. The van der Waals surface area contributed by atoms with Gasteiger partial charge in [0.1, 0.15) is 5.75 Å². The van der Waals surface area contributed by atoms with Crippen molar-refractivity contribution >= 4 is 17.5 Å². The van der Waals surface area contributed by atoms with Gasteiger partial charge in [-0.3, -0.25) is 14.5 Å². The molecule has 0 spiro atoms. The van der Waals surface area contributed by atoms with Crippen molar-refractivity contribution < 1.29 is 27.5 Å². The molecule has 2 N–H and O–H groups in total. The van der Waals surface area contributed by atoms with Gasteiger partial charge in [0.15, 0.2) is 0 Å². The maximum atomic E-state index is 12.1. The fourth-order valence-electron chi connectivity index (χ4n) is 2.08. The van der Waals surface area contributed by atoms with Gasteiger partial charge in [0.2, 0.25) is 11.8 Å². The number of anilines is 1. The summed E-state index contributed by atoms with van der Waals surface area (Å²) < 4.78 is 40.1. The number of benzene rings is 1. The zero-order chi connectivity index (χ0) is 20.0. The van der Waals surface area contributed by atoms with Crippen molar-refractivity contribution in [3.63, 3.8) is 0 Å². The van der Waals surface area contributed by atoms with E-state index in [2.05, 4.69) is 15.4 Å². The number of alkyl halides is 3. The Balaban J connectivity index is 2.54. The molecule has 0 atom stereocenters. The Morgan fingerprint density at radius 2 is 1.58 bits per heavy atom. The molecule has 0 heterocycles. The molecule has 26 heavy (non-hydrogen) atoms. The molecule has 0 bridgehead atoms. The third kappa shape index (κ3) is 9.26. The summed E-state index contributed by atoms with van der Waals surface area (Å²) in [5, 5.41) is 5.38. The third-order valence-electron chi connectivity index (χ3n) is 3.07. The van der Waals surface area contributed by atoms with E-state index in [4.69, 9.17) is 0 Å². The van der Waals surface area contributed by atoms with Gasteiger partial charge in [-0.25, -0.2) is 0 Å². The lowest BCUT2D eigenvalue weighted by Crippen LogP contribution is -2.47. The molecule has 0 saturated carbocycles. The smallest absolute Gasteiger partial charge is 0.406 e. The fraction of sp³-hybridized carbons (Fsp3) is 0.529. The van der Waals surface area contributed by atoms with E-state index >= 15 is 0 Å². The lowest BCUT2D eigenvalue weighted by atomic mass is 10.1. The molecule has 1 rings (SSSR count). The van der Waals surface area contributed by atoms with Gasteiger partial charge in [-0.15, -0.1) is 13.2 Å². The number of rotatable bonds is 7. The van der Waals surface area contributed by atoms with Crippen LogP contribution in [0.1, 0.15) is 27.7 Å². The maximum absolute atomic E-state index is 12.1. The monoisotopic (exact) mass is 375 g/mol. The number of ether oxygens (including phenoxy) is 1. The summed E-state index contributed by atoms with van der Waals surface area (Å²) >= 11 is 0. The van der Waals surface area contributed by atoms with Crippen LogP contribution >= 0.6 is 0 Å². The molecular weight excluding hydrogens is 351 g/mol. The van der Waals surface area contributed by atoms with Gasteiger partial charge in [-0.05, 0) is 51.6 Å². The highest BCUT2D eigenvalue weighted by molar-refractivity contribution is 5.92. The zero-order valence-electron chi connectivity index (χ0n) is 15.2. The van der Waals surface area contributed by atoms with Crippen LogP contribution in [0.15, 0.2) is 24.3 Å². The van der Waals surface area contributed by atoms with E-state index in [0.717, 1.165) is 12.1 Å². The van der Waals surface area contributed by atoms with E-state index in [0.29, 0.717) is 12.2 Å². The number of likely N-dealkylation sites (N-methyl/N-ethyl adjacent to an activating group) is 1. The second-order valence-electron chi connectivity index (χ2n) is 6.72. The molecule has 0 aliphatic carbocycles. The summed E-state index contributed by atoms with van der Waals surface area (Å²) in [6.45, 7) is 7.94. The molecule has 0 radical (unpaired) electrons. The highest BCUT2D eigenvalue weighted by Crippen LogP contribution is 2.23. The molecule has 0 fully saturated rings. The molecule has 0 saturated heterocycles. The zero-order valence-corrected chi connectivity index (χ0v) is 15.2. The molecule has 1 aromatic carbocycles. The van der Waals surface area contributed by atoms with Gasteiger partial charge < -0.3 is 15.4 Å². The number of nitrogens with zero attached hydrogens (tertiary/aromatic N) is 1. The average molecular weight is 375 g/mol. The molecule has 6 nitrogen and oxygen atoms in total. The lowest BCUT2D eigenvalue weighted by Gasteiger charge is -2.24. The fourth-order valence-corrected chi connectivity index (χ4v) is 2.08. The molecular formula is C17H24F3N3O3. The van der Waals surface area contributed by atoms with Crippen LogP contribution in [-0.2, 0) is 9.59 Å². The van der Waals surface area contributed by atoms with E-state index < -0.39 is 6.36 Å². The van der Waals surface area contributed by atoms with Crippen LogP contribution in [0.4, 0.5) is 18.9 Å². The van der Waals surface area contributed by atoms with Crippen molar-refractivity contribution in [2.45, 2.75) is 39.6 Å². The molecule has 146 valence electrons. The normalized spacial score (nSPS) is 12.0. The first kappa shape index (κ1) is 21.8. The minimum Gasteiger partial charge on any atom is -0.406 e. The lowest BCUT2D eigenvalue weighted by molar-refractivity contribution is -0.274. The first-order valence-electron chi connectivity index (χ1n) is 8.07. The number of halogens is 3. The van der Waals surface area contributed by atoms with E-state index in [1.54, 1.807) is 4.90 Å². The van der Waals surface area contributed by atoms with Gasteiger partial charge in [0.05, 0.1) is 13.1 Å². The van der Waals surface area contributed by atoms with Crippen molar-refractivity contribution in [1.29, 1.82) is 0 Å². The van der Waals surface area contributed by atoms with Crippen LogP contribution in [0.3, 0.4) is 0 Å². The Morgan fingerprint density at radius 1 is 1.04 bits per heavy atom. The van der Waals surface area contributed by atoms with Crippen LogP contribution in [0.2, 0.25) is 0 Å². The summed E-state index contributed by atoms with van der Waals surface area (Å²) in [5.41, 5.74) is -0.0290. The van der Waals surface area contributed by atoms with Crippen molar-refractivity contribution in [2.75, 3.05) is 25.0 Å².